The molecule has 176 valence electrons. The van der Waals surface area contributed by atoms with Crippen molar-refractivity contribution in [2.75, 3.05) is 20.2 Å². The lowest BCUT2D eigenvalue weighted by Crippen LogP contribution is -2.47. The third-order valence-corrected chi connectivity index (χ3v) is 6.89. The zero-order valence-corrected chi connectivity index (χ0v) is 20.3. The molecule has 0 amide bonds. The fourth-order valence-electron chi connectivity index (χ4n) is 4.59. The summed E-state index contributed by atoms with van der Waals surface area (Å²) in [5.41, 5.74) is 2.73. The molecule has 31 heavy (non-hydrogen) atoms. The van der Waals surface area contributed by atoms with E-state index < -0.39 is 6.68 Å². The van der Waals surface area contributed by atoms with Crippen molar-refractivity contribution in [3.63, 3.8) is 0 Å². The molecular weight excluding hydrogens is 475 g/mol. The topological polar surface area (TPSA) is 30.9 Å². The summed E-state index contributed by atoms with van der Waals surface area (Å²) in [4.78, 5) is 2.60. The average Bonchev–Trinajstić information content (AvgIpc) is 2.63. The molecule has 0 spiro atoms. The van der Waals surface area contributed by atoms with Gasteiger partial charge in [-0.05, 0) is 92.4 Å². The Labute approximate surface area is 191 Å². The van der Waals surface area contributed by atoms with E-state index in [1.54, 1.807) is 7.11 Å². The molecular formula is C23H33BrF3NO3. The second-order valence-electron chi connectivity index (χ2n) is 9.40. The molecule has 0 N–H and O–H groups in total. The molecule has 2 heterocycles. The maximum Gasteiger partial charge on any atom is 0.379 e. The summed E-state index contributed by atoms with van der Waals surface area (Å²) in [7, 11) is 1.75. The van der Waals surface area contributed by atoms with Crippen LogP contribution in [0.3, 0.4) is 0 Å². The molecule has 0 bridgehead atoms. The van der Waals surface area contributed by atoms with Crippen molar-refractivity contribution >= 4 is 15.9 Å². The summed E-state index contributed by atoms with van der Waals surface area (Å²) < 4.78 is 48.4. The zero-order chi connectivity index (χ0) is 22.8. The molecule has 0 aromatic heterocycles. The van der Waals surface area contributed by atoms with Gasteiger partial charge in [0.05, 0.1) is 29.4 Å². The van der Waals surface area contributed by atoms with Crippen LogP contribution in [0.2, 0.25) is 0 Å². The SMILES string of the molecule is COc1cc2c(c(Br)c1OC1CCC1)CCN1CC(OC(C)(C)C)CCC21.FC(F)F. The molecule has 1 aromatic rings. The van der Waals surface area contributed by atoms with Gasteiger partial charge >= 0.3 is 6.68 Å². The molecule has 2 unspecified atom stereocenters. The number of methoxy groups -OCH3 is 1. The first-order chi connectivity index (χ1) is 14.6. The molecule has 1 saturated carbocycles. The Kier molecular flexibility index (Phi) is 8.19. The van der Waals surface area contributed by atoms with Gasteiger partial charge in [0.15, 0.2) is 11.5 Å². The lowest BCUT2D eigenvalue weighted by Gasteiger charge is -2.45. The van der Waals surface area contributed by atoms with Crippen molar-refractivity contribution in [1.82, 2.24) is 4.90 Å². The first-order valence-electron chi connectivity index (χ1n) is 11.0. The number of hydrogen-bond acceptors (Lipinski definition) is 4. The Morgan fingerprint density at radius 1 is 1.10 bits per heavy atom. The van der Waals surface area contributed by atoms with Crippen LogP contribution in [0.4, 0.5) is 13.2 Å². The summed E-state index contributed by atoms with van der Waals surface area (Å²) in [5.74, 6) is 1.77. The van der Waals surface area contributed by atoms with Crippen molar-refractivity contribution in [1.29, 1.82) is 0 Å². The molecule has 3 aliphatic rings. The Balaban J connectivity index is 0.000000628. The highest BCUT2D eigenvalue weighted by molar-refractivity contribution is 9.10. The Morgan fingerprint density at radius 2 is 1.77 bits per heavy atom. The van der Waals surface area contributed by atoms with Gasteiger partial charge in [0.25, 0.3) is 0 Å². The van der Waals surface area contributed by atoms with Crippen molar-refractivity contribution in [3.05, 3.63) is 21.7 Å². The molecule has 1 aliphatic carbocycles. The lowest BCUT2D eigenvalue weighted by atomic mass is 9.85. The zero-order valence-electron chi connectivity index (χ0n) is 18.7. The lowest BCUT2D eigenvalue weighted by molar-refractivity contribution is -0.0972. The average molecular weight is 508 g/mol. The fourth-order valence-corrected chi connectivity index (χ4v) is 5.31. The standard InChI is InChI=1S/C22H32BrNO3.CHF3/c1-22(2,3)27-15-8-9-18-17-12-19(25-4)21(26-14-6-5-7-14)20(23)16(17)10-11-24(18)13-15;2-1(3)4/h12,14-15,18H,5-11,13H2,1-4H3;1H. The predicted molar refractivity (Wildman–Crippen MR) is 118 cm³/mol. The van der Waals surface area contributed by atoms with E-state index in [0.717, 1.165) is 61.2 Å². The minimum absolute atomic E-state index is 0.0782. The van der Waals surface area contributed by atoms with Crippen molar-refractivity contribution in [3.8, 4) is 11.5 Å². The molecule has 0 radical (unpaired) electrons. The summed E-state index contributed by atoms with van der Waals surface area (Å²) in [5, 5.41) is 0. The Morgan fingerprint density at radius 3 is 2.32 bits per heavy atom. The Bertz CT molecular complexity index is 750. The molecule has 2 atom stereocenters. The van der Waals surface area contributed by atoms with Crippen LogP contribution in [0.1, 0.15) is 70.0 Å². The maximum atomic E-state index is 9.67. The molecule has 2 fully saturated rings. The number of halogens is 4. The number of piperidine rings is 1. The van der Waals surface area contributed by atoms with E-state index in [0.29, 0.717) is 18.2 Å². The van der Waals surface area contributed by atoms with Gasteiger partial charge in [0.2, 0.25) is 0 Å². The van der Waals surface area contributed by atoms with Gasteiger partial charge in [-0.3, -0.25) is 4.90 Å². The van der Waals surface area contributed by atoms with Crippen LogP contribution in [0.15, 0.2) is 10.5 Å². The van der Waals surface area contributed by atoms with E-state index in [9.17, 15) is 13.2 Å². The summed E-state index contributed by atoms with van der Waals surface area (Å²) in [6, 6.07) is 2.69. The van der Waals surface area contributed by atoms with Crippen LogP contribution in [-0.4, -0.2) is 49.6 Å². The Hall–Kier alpha value is -0.990. The molecule has 1 saturated heterocycles. The van der Waals surface area contributed by atoms with Gasteiger partial charge in [0, 0.05) is 19.1 Å². The highest BCUT2D eigenvalue weighted by atomic mass is 79.9. The minimum Gasteiger partial charge on any atom is -0.493 e. The van der Waals surface area contributed by atoms with Gasteiger partial charge < -0.3 is 14.2 Å². The van der Waals surface area contributed by atoms with Crippen molar-refractivity contribution in [2.24, 2.45) is 0 Å². The molecule has 2 aliphatic heterocycles. The second-order valence-corrected chi connectivity index (χ2v) is 10.2. The van der Waals surface area contributed by atoms with Crippen LogP contribution >= 0.6 is 15.9 Å². The van der Waals surface area contributed by atoms with Gasteiger partial charge in [-0.15, -0.1) is 0 Å². The molecule has 1 aromatic carbocycles. The quantitative estimate of drug-likeness (QED) is 0.468. The number of rotatable bonds is 4. The maximum absolute atomic E-state index is 9.67. The van der Waals surface area contributed by atoms with Crippen LogP contribution in [0, 0.1) is 0 Å². The minimum atomic E-state index is -3.67. The summed E-state index contributed by atoms with van der Waals surface area (Å²) >= 11 is 3.86. The number of ether oxygens (including phenoxy) is 3. The highest BCUT2D eigenvalue weighted by Gasteiger charge is 2.37. The first-order valence-corrected chi connectivity index (χ1v) is 11.8. The van der Waals surface area contributed by atoms with Crippen LogP contribution in [-0.2, 0) is 11.2 Å². The van der Waals surface area contributed by atoms with Gasteiger partial charge in [-0.2, -0.15) is 13.2 Å². The van der Waals surface area contributed by atoms with E-state index in [4.69, 9.17) is 14.2 Å². The molecule has 4 rings (SSSR count). The third-order valence-electron chi connectivity index (χ3n) is 6.05. The van der Waals surface area contributed by atoms with E-state index in [1.807, 2.05) is 0 Å². The van der Waals surface area contributed by atoms with Crippen LogP contribution in [0.25, 0.3) is 0 Å². The van der Waals surface area contributed by atoms with Gasteiger partial charge in [-0.1, -0.05) is 0 Å². The number of alkyl halides is 3. The normalized spacial score (nSPS) is 23.9. The van der Waals surface area contributed by atoms with E-state index in [1.165, 1.54) is 17.5 Å². The van der Waals surface area contributed by atoms with Crippen molar-refractivity contribution < 1.29 is 27.4 Å². The second kappa shape index (κ2) is 10.3. The first kappa shape index (κ1) is 24.6. The van der Waals surface area contributed by atoms with Crippen molar-refractivity contribution in [2.45, 2.75) is 89.8 Å². The van der Waals surface area contributed by atoms with Gasteiger partial charge in [-0.25, -0.2) is 0 Å². The van der Waals surface area contributed by atoms with Crippen LogP contribution in [0.5, 0.6) is 11.5 Å². The highest BCUT2D eigenvalue weighted by Crippen LogP contribution is 2.48. The molecule has 8 heteroatoms. The fraction of sp³-hybridized carbons (Fsp3) is 0.739. The van der Waals surface area contributed by atoms with E-state index in [-0.39, 0.29) is 5.60 Å². The van der Waals surface area contributed by atoms with Gasteiger partial charge in [0.1, 0.15) is 0 Å². The smallest absolute Gasteiger partial charge is 0.379 e. The summed E-state index contributed by atoms with van der Waals surface area (Å²) in [6.07, 6.45) is 7.53. The van der Waals surface area contributed by atoms with E-state index in [2.05, 4.69) is 47.7 Å². The third kappa shape index (κ3) is 6.29. The van der Waals surface area contributed by atoms with Crippen LogP contribution < -0.4 is 9.47 Å². The monoisotopic (exact) mass is 507 g/mol. The largest absolute Gasteiger partial charge is 0.493 e. The number of fused-ring (bicyclic) bond motifs is 3. The number of hydrogen-bond donors (Lipinski definition) is 0. The van der Waals surface area contributed by atoms with E-state index >= 15 is 0 Å². The predicted octanol–water partition coefficient (Wildman–Crippen LogP) is 6.44. The number of benzene rings is 1. The molecule has 4 nitrogen and oxygen atoms in total. The number of nitrogens with zero attached hydrogens (tertiary/aromatic N) is 1. The summed E-state index contributed by atoms with van der Waals surface area (Å²) in [6.45, 7) is 4.87.